The second kappa shape index (κ2) is 8.88. The molecule has 0 aliphatic heterocycles. The van der Waals surface area contributed by atoms with Crippen molar-refractivity contribution in [2.24, 2.45) is 0 Å². The van der Waals surface area contributed by atoms with E-state index in [1.165, 1.54) is 25.7 Å². The third-order valence-electron chi connectivity index (χ3n) is 4.21. The van der Waals surface area contributed by atoms with Gasteiger partial charge in [0.25, 0.3) is 0 Å². The fourth-order valence-electron chi connectivity index (χ4n) is 2.83. The van der Waals surface area contributed by atoms with Gasteiger partial charge in [-0.2, -0.15) is 5.26 Å². The van der Waals surface area contributed by atoms with Gasteiger partial charge in [-0.25, -0.2) is 4.79 Å². The number of unbranched alkanes of at least 4 members (excludes halogenated alkanes) is 4. The molecule has 1 N–H and O–H groups in total. The summed E-state index contributed by atoms with van der Waals surface area (Å²) in [6.45, 7) is 2.20. The Morgan fingerprint density at radius 1 is 1.04 bits per heavy atom. The fraction of sp³-hybridized carbons (Fsp3) is 0.333. The van der Waals surface area contributed by atoms with E-state index in [0.717, 1.165) is 29.5 Å². The summed E-state index contributed by atoms with van der Waals surface area (Å²) in [5, 5.41) is 18.3. The Morgan fingerprint density at radius 2 is 1.75 bits per heavy atom. The summed E-state index contributed by atoms with van der Waals surface area (Å²) in [5.74, 6) is -0.927. The molecule has 0 unspecified atom stereocenters. The molecule has 0 fully saturated rings. The zero-order chi connectivity index (χ0) is 17.4. The standard InChI is InChI=1S/C21H23NO2/c1-2-3-4-5-6-7-16-10-13-19(21(23)24)20(14-16)18-11-8-17(15-22)9-12-18/h8-14H,2-7H2,1H3,(H,23,24). The molecule has 3 heteroatoms. The van der Waals surface area contributed by atoms with Crippen LogP contribution >= 0.6 is 0 Å². The lowest BCUT2D eigenvalue weighted by atomic mass is 9.94. The van der Waals surface area contributed by atoms with E-state index in [1.807, 2.05) is 24.3 Å². The van der Waals surface area contributed by atoms with Crippen molar-refractivity contribution in [1.29, 1.82) is 5.26 Å². The summed E-state index contributed by atoms with van der Waals surface area (Å²) >= 11 is 0. The van der Waals surface area contributed by atoms with Gasteiger partial charge < -0.3 is 5.11 Å². The second-order valence-electron chi connectivity index (χ2n) is 6.04. The van der Waals surface area contributed by atoms with E-state index in [0.29, 0.717) is 11.1 Å². The van der Waals surface area contributed by atoms with E-state index in [1.54, 1.807) is 18.2 Å². The number of carboxylic acids is 1. The van der Waals surface area contributed by atoms with Gasteiger partial charge in [-0.05, 0) is 47.7 Å². The molecule has 2 aromatic rings. The smallest absolute Gasteiger partial charge is 0.336 e. The summed E-state index contributed by atoms with van der Waals surface area (Å²) in [6, 6.07) is 14.7. The zero-order valence-corrected chi connectivity index (χ0v) is 14.1. The summed E-state index contributed by atoms with van der Waals surface area (Å²) in [6.07, 6.45) is 7.06. The average Bonchev–Trinajstić information content (AvgIpc) is 2.61. The number of nitrogens with zero attached hydrogens (tertiary/aromatic N) is 1. The van der Waals surface area contributed by atoms with E-state index in [2.05, 4.69) is 13.0 Å². The molecule has 0 spiro atoms. The number of aryl methyl sites for hydroxylation is 1. The van der Waals surface area contributed by atoms with Crippen LogP contribution in [-0.2, 0) is 6.42 Å². The number of carbonyl (C=O) groups is 1. The minimum Gasteiger partial charge on any atom is -0.478 e. The predicted octanol–water partition coefficient (Wildman–Crippen LogP) is 5.44. The van der Waals surface area contributed by atoms with Crippen molar-refractivity contribution in [3.05, 3.63) is 59.2 Å². The Morgan fingerprint density at radius 3 is 2.38 bits per heavy atom. The molecule has 0 bridgehead atoms. The molecule has 0 aliphatic rings. The van der Waals surface area contributed by atoms with Gasteiger partial charge in [0, 0.05) is 0 Å². The van der Waals surface area contributed by atoms with E-state index in [4.69, 9.17) is 5.26 Å². The van der Waals surface area contributed by atoms with Crippen LogP contribution in [-0.4, -0.2) is 11.1 Å². The molecule has 2 aromatic carbocycles. The van der Waals surface area contributed by atoms with E-state index in [9.17, 15) is 9.90 Å². The van der Waals surface area contributed by atoms with E-state index in [-0.39, 0.29) is 0 Å². The molecule has 0 saturated carbocycles. The van der Waals surface area contributed by atoms with Crippen molar-refractivity contribution in [2.45, 2.75) is 45.4 Å². The van der Waals surface area contributed by atoms with Gasteiger partial charge in [-0.15, -0.1) is 0 Å². The highest BCUT2D eigenvalue weighted by molar-refractivity contribution is 5.96. The van der Waals surface area contributed by atoms with Crippen LogP contribution < -0.4 is 0 Å². The lowest BCUT2D eigenvalue weighted by Crippen LogP contribution is -2.01. The van der Waals surface area contributed by atoms with Crippen LogP contribution in [0.1, 0.15) is 60.5 Å². The highest BCUT2D eigenvalue weighted by Crippen LogP contribution is 2.26. The Labute approximate surface area is 143 Å². The van der Waals surface area contributed by atoms with Crippen molar-refractivity contribution in [3.8, 4) is 17.2 Å². The number of nitriles is 1. The number of rotatable bonds is 8. The van der Waals surface area contributed by atoms with Crippen LogP contribution in [0.15, 0.2) is 42.5 Å². The second-order valence-corrected chi connectivity index (χ2v) is 6.04. The monoisotopic (exact) mass is 321 g/mol. The largest absolute Gasteiger partial charge is 0.478 e. The lowest BCUT2D eigenvalue weighted by molar-refractivity contribution is 0.0697. The molecule has 0 heterocycles. The Kier molecular flexibility index (Phi) is 6.57. The van der Waals surface area contributed by atoms with Crippen LogP contribution in [0.2, 0.25) is 0 Å². The first-order chi connectivity index (χ1) is 11.7. The number of benzene rings is 2. The lowest BCUT2D eigenvalue weighted by Gasteiger charge is -2.10. The maximum atomic E-state index is 11.5. The molecule has 0 radical (unpaired) electrons. The van der Waals surface area contributed by atoms with Crippen LogP contribution in [0.5, 0.6) is 0 Å². The highest BCUT2D eigenvalue weighted by Gasteiger charge is 2.12. The molecule has 124 valence electrons. The van der Waals surface area contributed by atoms with Crippen LogP contribution in [0.25, 0.3) is 11.1 Å². The molecule has 24 heavy (non-hydrogen) atoms. The van der Waals surface area contributed by atoms with Crippen molar-refractivity contribution in [2.75, 3.05) is 0 Å². The van der Waals surface area contributed by atoms with Gasteiger partial charge in [0.1, 0.15) is 0 Å². The topological polar surface area (TPSA) is 61.1 Å². The first kappa shape index (κ1) is 17.7. The molecule has 0 atom stereocenters. The maximum absolute atomic E-state index is 11.5. The predicted molar refractivity (Wildman–Crippen MR) is 96.0 cm³/mol. The van der Waals surface area contributed by atoms with Gasteiger partial charge in [0.05, 0.1) is 17.2 Å². The number of aromatic carboxylic acids is 1. The fourth-order valence-corrected chi connectivity index (χ4v) is 2.83. The summed E-state index contributed by atoms with van der Waals surface area (Å²) < 4.78 is 0. The van der Waals surface area contributed by atoms with Crippen LogP contribution in [0, 0.1) is 11.3 Å². The van der Waals surface area contributed by atoms with E-state index >= 15 is 0 Å². The van der Waals surface area contributed by atoms with Crippen LogP contribution in [0.4, 0.5) is 0 Å². The molecular weight excluding hydrogens is 298 g/mol. The quantitative estimate of drug-likeness (QED) is 0.659. The minimum absolute atomic E-state index is 0.300. The normalized spacial score (nSPS) is 10.3. The first-order valence-corrected chi connectivity index (χ1v) is 8.52. The minimum atomic E-state index is -0.927. The number of hydrogen-bond donors (Lipinski definition) is 1. The first-order valence-electron chi connectivity index (χ1n) is 8.52. The average molecular weight is 321 g/mol. The van der Waals surface area contributed by atoms with Gasteiger partial charge in [0.15, 0.2) is 0 Å². The third-order valence-corrected chi connectivity index (χ3v) is 4.21. The molecule has 0 amide bonds. The summed E-state index contributed by atoms with van der Waals surface area (Å²) in [5.41, 5.74) is 3.59. The van der Waals surface area contributed by atoms with Gasteiger partial charge in [0.2, 0.25) is 0 Å². The summed E-state index contributed by atoms with van der Waals surface area (Å²) in [7, 11) is 0. The van der Waals surface area contributed by atoms with E-state index < -0.39 is 5.97 Å². The molecular formula is C21H23NO2. The highest BCUT2D eigenvalue weighted by atomic mass is 16.4. The molecule has 0 saturated heterocycles. The van der Waals surface area contributed by atoms with Gasteiger partial charge >= 0.3 is 5.97 Å². The Hall–Kier alpha value is -2.60. The SMILES string of the molecule is CCCCCCCc1ccc(C(=O)O)c(-c2ccc(C#N)cc2)c1. The molecule has 0 aliphatic carbocycles. The Balaban J connectivity index is 2.21. The van der Waals surface area contributed by atoms with Crippen LogP contribution in [0.3, 0.4) is 0 Å². The maximum Gasteiger partial charge on any atom is 0.336 e. The summed E-state index contributed by atoms with van der Waals surface area (Å²) in [4.78, 5) is 11.5. The molecule has 2 rings (SSSR count). The molecule has 3 nitrogen and oxygen atoms in total. The van der Waals surface area contributed by atoms with Crippen molar-refractivity contribution < 1.29 is 9.90 Å². The van der Waals surface area contributed by atoms with Gasteiger partial charge in [-0.1, -0.05) is 56.9 Å². The zero-order valence-electron chi connectivity index (χ0n) is 14.1. The Bertz CT molecular complexity index is 726. The van der Waals surface area contributed by atoms with Crippen molar-refractivity contribution in [1.82, 2.24) is 0 Å². The van der Waals surface area contributed by atoms with Crippen molar-refractivity contribution in [3.63, 3.8) is 0 Å². The molecule has 0 aromatic heterocycles. The number of carboxylic acid groups (broad SMARTS) is 1. The third kappa shape index (κ3) is 4.70. The van der Waals surface area contributed by atoms with Crippen molar-refractivity contribution >= 4 is 5.97 Å². The number of hydrogen-bond acceptors (Lipinski definition) is 2. The van der Waals surface area contributed by atoms with Gasteiger partial charge in [-0.3, -0.25) is 0 Å².